The van der Waals surface area contributed by atoms with E-state index in [4.69, 9.17) is 5.11 Å². The van der Waals surface area contributed by atoms with E-state index in [0.717, 1.165) is 0 Å². The summed E-state index contributed by atoms with van der Waals surface area (Å²) in [6.07, 6.45) is 1.45. The van der Waals surface area contributed by atoms with Crippen molar-refractivity contribution in [3.8, 4) is 0 Å². The smallest absolute Gasteiger partial charge is 0.376 e. The van der Waals surface area contributed by atoms with Gasteiger partial charge >= 0.3 is 11.9 Å². The number of hydrogen-bond acceptors (Lipinski definition) is 3. The van der Waals surface area contributed by atoms with E-state index in [1.165, 1.54) is 12.3 Å². The zero-order valence-corrected chi connectivity index (χ0v) is 8.00. The molecule has 1 heterocycles. The highest BCUT2D eigenvalue weighted by Crippen LogP contribution is 2.15. The lowest BCUT2D eigenvalue weighted by Crippen LogP contribution is -2.36. The minimum atomic E-state index is -3.77. The fourth-order valence-electron chi connectivity index (χ4n) is 0.944. The number of carbonyl (C=O) groups is 1. The molecular formula is C9H10F2N2O2. The Morgan fingerprint density at radius 3 is 2.87 bits per heavy atom. The van der Waals surface area contributed by atoms with E-state index in [2.05, 4.69) is 10.3 Å². The minimum absolute atomic E-state index is 0.420. The number of anilines is 1. The molecule has 0 saturated carbocycles. The maximum atomic E-state index is 12.7. The first-order valence-electron chi connectivity index (χ1n) is 4.19. The standard InChI is InChI=1S/C9H10F2N2O2/c1-6-4-7(2-3-12-6)13-5-9(10,11)8(14)15/h2-4H,5H2,1H3,(H,12,13)(H,14,15). The van der Waals surface area contributed by atoms with Crippen LogP contribution in [0, 0.1) is 6.92 Å². The molecule has 0 aliphatic carbocycles. The molecule has 1 aromatic heterocycles. The van der Waals surface area contributed by atoms with Crippen molar-refractivity contribution in [1.82, 2.24) is 4.98 Å². The van der Waals surface area contributed by atoms with Gasteiger partial charge in [0.25, 0.3) is 0 Å². The predicted octanol–water partition coefficient (Wildman–Crippen LogP) is 1.52. The zero-order valence-electron chi connectivity index (χ0n) is 8.00. The van der Waals surface area contributed by atoms with Crippen molar-refractivity contribution in [2.24, 2.45) is 0 Å². The van der Waals surface area contributed by atoms with Crippen molar-refractivity contribution in [2.75, 3.05) is 11.9 Å². The molecule has 1 aromatic rings. The zero-order chi connectivity index (χ0) is 11.5. The number of nitrogens with one attached hydrogen (secondary N) is 1. The van der Waals surface area contributed by atoms with Gasteiger partial charge in [-0.3, -0.25) is 4.98 Å². The first-order valence-corrected chi connectivity index (χ1v) is 4.19. The monoisotopic (exact) mass is 216 g/mol. The average Bonchev–Trinajstić information content (AvgIpc) is 2.15. The number of aromatic nitrogens is 1. The van der Waals surface area contributed by atoms with Gasteiger partial charge in [0, 0.05) is 17.6 Å². The molecule has 0 fully saturated rings. The van der Waals surface area contributed by atoms with Crippen molar-refractivity contribution < 1.29 is 18.7 Å². The third-order valence-electron chi connectivity index (χ3n) is 1.72. The molecule has 4 nitrogen and oxygen atoms in total. The van der Waals surface area contributed by atoms with E-state index in [1.54, 1.807) is 13.0 Å². The first kappa shape index (κ1) is 11.4. The number of aryl methyl sites for hydroxylation is 1. The fourth-order valence-corrected chi connectivity index (χ4v) is 0.944. The number of pyridine rings is 1. The number of nitrogens with zero attached hydrogens (tertiary/aromatic N) is 1. The molecule has 0 aliphatic rings. The number of hydrogen-bond donors (Lipinski definition) is 2. The van der Waals surface area contributed by atoms with Gasteiger partial charge in [0.2, 0.25) is 0 Å². The number of alkyl halides is 2. The molecule has 15 heavy (non-hydrogen) atoms. The molecule has 0 aliphatic heterocycles. The van der Waals surface area contributed by atoms with Crippen LogP contribution in [0.1, 0.15) is 5.69 Å². The highest BCUT2D eigenvalue weighted by atomic mass is 19.3. The predicted molar refractivity (Wildman–Crippen MR) is 50.0 cm³/mol. The summed E-state index contributed by atoms with van der Waals surface area (Å²) in [4.78, 5) is 14.0. The summed E-state index contributed by atoms with van der Waals surface area (Å²) in [5.74, 6) is -5.90. The lowest BCUT2D eigenvalue weighted by Gasteiger charge is -2.13. The third kappa shape index (κ3) is 3.16. The fraction of sp³-hybridized carbons (Fsp3) is 0.333. The highest BCUT2D eigenvalue weighted by molar-refractivity contribution is 5.76. The van der Waals surface area contributed by atoms with Gasteiger partial charge in [-0.25, -0.2) is 4.79 Å². The summed E-state index contributed by atoms with van der Waals surface area (Å²) < 4.78 is 25.3. The second-order valence-corrected chi connectivity index (χ2v) is 3.05. The van der Waals surface area contributed by atoms with E-state index in [-0.39, 0.29) is 0 Å². The van der Waals surface area contributed by atoms with Crippen LogP contribution in [0.2, 0.25) is 0 Å². The Kier molecular flexibility index (Phi) is 3.18. The van der Waals surface area contributed by atoms with Gasteiger partial charge in [-0.2, -0.15) is 8.78 Å². The second-order valence-electron chi connectivity index (χ2n) is 3.05. The van der Waals surface area contributed by atoms with Gasteiger partial charge in [-0.05, 0) is 19.1 Å². The van der Waals surface area contributed by atoms with Crippen LogP contribution in [-0.2, 0) is 4.79 Å². The summed E-state index contributed by atoms with van der Waals surface area (Å²) in [6, 6.07) is 3.04. The molecule has 0 amide bonds. The Morgan fingerprint density at radius 1 is 1.67 bits per heavy atom. The van der Waals surface area contributed by atoms with Gasteiger partial charge in [0.05, 0.1) is 6.54 Å². The number of aliphatic carboxylic acids is 1. The Bertz CT molecular complexity index is 369. The minimum Gasteiger partial charge on any atom is -0.477 e. The van der Waals surface area contributed by atoms with Crippen LogP contribution in [0.5, 0.6) is 0 Å². The quantitative estimate of drug-likeness (QED) is 0.801. The Hall–Kier alpha value is -1.72. The molecule has 1 rings (SSSR count). The van der Waals surface area contributed by atoms with Crippen molar-refractivity contribution in [1.29, 1.82) is 0 Å². The largest absolute Gasteiger partial charge is 0.477 e. The van der Waals surface area contributed by atoms with E-state index < -0.39 is 18.4 Å². The summed E-state index contributed by atoms with van der Waals surface area (Å²) in [6.45, 7) is 0.770. The molecule has 2 N–H and O–H groups in total. The van der Waals surface area contributed by atoms with Crippen LogP contribution >= 0.6 is 0 Å². The van der Waals surface area contributed by atoms with Crippen LogP contribution in [0.3, 0.4) is 0 Å². The maximum absolute atomic E-state index is 12.7. The van der Waals surface area contributed by atoms with Gasteiger partial charge in [0.1, 0.15) is 0 Å². The van der Waals surface area contributed by atoms with E-state index in [0.29, 0.717) is 11.4 Å². The average molecular weight is 216 g/mol. The molecule has 0 unspecified atom stereocenters. The van der Waals surface area contributed by atoms with Crippen molar-refractivity contribution in [3.63, 3.8) is 0 Å². The van der Waals surface area contributed by atoms with Crippen LogP contribution in [0.4, 0.5) is 14.5 Å². The van der Waals surface area contributed by atoms with Crippen LogP contribution < -0.4 is 5.32 Å². The van der Waals surface area contributed by atoms with E-state index >= 15 is 0 Å². The molecular weight excluding hydrogens is 206 g/mol. The van der Waals surface area contributed by atoms with Crippen molar-refractivity contribution in [2.45, 2.75) is 12.8 Å². The van der Waals surface area contributed by atoms with Gasteiger partial charge in [-0.1, -0.05) is 0 Å². The number of halogens is 2. The lowest BCUT2D eigenvalue weighted by molar-refractivity contribution is -0.162. The molecule has 0 radical (unpaired) electrons. The van der Waals surface area contributed by atoms with Gasteiger partial charge < -0.3 is 10.4 Å². The summed E-state index contributed by atoms with van der Waals surface area (Å²) in [5.41, 5.74) is 1.09. The highest BCUT2D eigenvalue weighted by Gasteiger charge is 2.38. The lowest BCUT2D eigenvalue weighted by atomic mass is 10.3. The number of rotatable bonds is 4. The second kappa shape index (κ2) is 4.20. The summed E-state index contributed by atoms with van der Waals surface area (Å²) in [7, 11) is 0. The topological polar surface area (TPSA) is 62.2 Å². The Labute approximate surface area is 84.9 Å². The van der Waals surface area contributed by atoms with Crippen molar-refractivity contribution >= 4 is 11.7 Å². The van der Waals surface area contributed by atoms with Crippen molar-refractivity contribution in [3.05, 3.63) is 24.0 Å². The first-order chi connectivity index (χ1) is 6.92. The number of carboxylic acids is 1. The molecule has 0 aromatic carbocycles. The van der Waals surface area contributed by atoms with E-state index in [1.807, 2.05) is 0 Å². The maximum Gasteiger partial charge on any atom is 0.376 e. The third-order valence-corrected chi connectivity index (χ3v) is 1.72. The Balaban J connectivity index is 2.61. The van der Waals surface area contributed by atoms with Crippen LogP contribution in [0.25, 0.3) is 0 Å². The van der Waals surface area contributed by atoms with Gasteiger partial charge in [-0.15, -0.1) is 0 Å². The summed E-state index contributed by atoms with van der Waals surface area (Å²) >= 11 is 0. The Morgan fingerprint density at radius 2 is 2.33 bits per heavy atom. The molecule has 82 valence electrons. The van der Waals surface area contributed by atoms with Gasteiger partial charge in [0.15, 0.2) is 0 Å². The molecule has 0 spiro atoms. The molecule has 6 heteroatoms. The number of carboxylic acid groups (broad SMARTS) is 1. The summed E-state index contributed by atoms with van der Waals surface area (Å²) in [5, 5.41) is 10.5. The normalized spacial score (nSPS) is 11.1. The molecule has 0 saturated heterocycles. The van der Waals surface area contributed by atoms with Crippen LogP contribution in [0.15, 0.2) is 18.3 Å². The molecule has 0 atom stereocenters. The molecule has 0 bridgehead atoms. The van der Waals surface area contributed by atoms with Crippen LogP contribution in [-0.4, -0.2) is 28.5 Å². The van der Waals surface area contributed by atoms with E-state index in [9.17, 15) is 13.6 Å². The SMILES string of the molecule is Cc1cc(NCC(F)(F)C(=O)O)ccn1.